The number of halogens is 2. The average Bonchev–Trinajstić information content (AvgIpc) is 2.84. The first-order valence-electron chi connectivity index (χ1n) is 10.7. The predicted octanol–water partition coefficient (Wildman–Crippen LogP) is 3.77. The van der Waals surface area contributed by atoms with Gasteiger partial charge in [0.15, 0.2) is 17.4 Å². The van der Waals surface area contributed by atoms with Gasteiger partial charge in [-0.3, -0.25) is 0 Å². The van der Waals surface area contributed by atoms with E-state index in [4.69, 9.17) is 9.84 Å². The van der Waals surface area contributed by atoms with Crippen LogP contribution in [0.4, 0.5) is 14.7 Å². The van der Waals surface area contributed by atoms with Gasteiger partial charge in [-0.1, -0.05) is 6.92 Å². The second kappa shape index (κ2) is 9.85. The summed E-state index contributed by atoms with van der Waals surface area (Å²) < 4.78 is 34.7. The summed E-state index contributed by atoms with van der Waals surface area (Å²) in [5, 5.41) is 8.86. The number of aromatic carboxylic acids is 1. The lowest BCUT2D eigenvalue weighted by atomic mass is 9.98. The minimum atomic E-state index is -1.28. The molecule has 1 saturated heterocycles. The van der Waals surface area contributed by atoms with E-state index in [1.807, 2.05) is 12.4 Å². The van der Waals surface area contributed by atoms with Crippen molar-refractivity contribution in [2.24, 2.45) is 5.92 Å². The predicted molar refractivity (Wildman–Crippen MR) is 116 cm³/mol. The molecule has 1 aromatic carbocycles. The maximum atomic E-state index is 14.6. The van der Waals surface area contributed by atoms with Gasteiger partial charge in [0.05, 0.1) is 6.61 Å². The number of anilines is 1. The molecule has 1 aliphatic rings. The van der Waals surface area contributed by atoms with Crippen LogP contribution in [0, 0.1) is 17.6 Å². The Morgan fingerprint density at radius 2 is 1.64 bits per heavy atom. The van der Waals surface area contributed by atoms with Crippen molar-refractivity contribution in [1.29, 1.82) is 0 Å². The van der Waals surface area contributed by atoms with E-state index < -0.39 is 29.2 Å². The van der Waals surface area contributed by atoms with E-state index in [0.29, 0.717) is 11.5 Å². The smallest absolute Gasteiger partial charge is 0.373 e. The Morgan fingerprint density at radius 1 is 1.03 bits per heavy atom. The zero-order valence-corrected chi connectivity index (χ0v) is 18.0. The quantitative estimate of drug-likeness (QED) is 0.575. The first-order chi connectivity index (χ1) is 15.9. The Morgan fingerprint density at radius 3 is 2.18 bits per heavy atom. The number of hydrogen-bond acceptors (Lipinski definition) is 7. The molecule has 2 aromatic heterocycles. The third-order valence-corrected chi connectivity index (χ3v) is 5.64. The summed E-state index contributed by atoms with van der Waals surface area (Å²) in [6.45, 7) is 3.74. The first-order valence-corrected chi connectivity index (χ1v) is 10.7. The standard InChI is InChI=1S/C23H23F2N5O3/c1-2-14-9-28-23(29-10-14)30-5-3-15(4-6-30)13-33-20-18(24)7-16(8-19(20)25)17-11-26-21(22(31)32)27-12-17/h7-12,15H,2-6,13H2,1H3,(H,31,32). The summed E-state index contributed by atoms with van der Waals surface area (Å²) in [4.78, 5) is 29.1. The number of hydrogen-bond donors (Lipinski definition) is 1. The van der Waals surface area contributed by atoms with Crippen LogP contribution in [0.3, 0.4) is 0 Å². The number of ether oxygens (including phenoxy) is 1. The molecule has 1 N–H and O–H groups in total. The Labute approximate surface area is 189 Å². The van der Waals surface area contributed by atoms with Gasteiger partial charge in [-0.2, -0.15) is 0 Å². The molecule has 0 atom stereocenters. The molecule has 0 spiro atoms. The second-order valence-electron chi connectivity index (χ2n) is 7.86. The zero-order valence-electron chi connectivity index (χ0n) is 18.0. The van der Waals surface area contributed by atoms with E-state index in [2.05, 4.69) is 31.8 Å². The van der Waals surface area contributed by atoms with Crippen LogP contribution in [0.1, 0.15) is 35.9 Å². The van der Waals surface area contributed by atoms with Gasteiger partial charge in [0.2, 0.25) is 11.8 Å². The first kappa shape index (κ1) is 22.5. The number of carbonyl (C=O) groups is 1. The number of nitrogens with zero attached hydrogens (tertiary/aromatic N) is 5. The Bertz CT molecular complexity index is 1090. The van der Waals surface area contributed by atoms with Crippen molar-refractivity contribution in [2.45, 2.75) is 26.2 Å². The SMILES string of the molecule is CCc1cnc(N2CCC(COc3c(F)cc(-c4cnc(C(=O)O)nc4)cc3F)CC2)nc1. The largest absolute Gasteiger partial charge is 0.487 e. The third kappa shape index (κ3) is 5.21. The maximum absolute atomic E-state index is 14.6. The number of benzene rings is 1. The molecule has 0 amide bonds. The fraction of sp³-hybridized carbons (Fsp3) is 0.348. The minimum absolute atomic E-state index is 0.159. The van der Waals surface area contributed by atoms with Gasteiger partial charge in [0.1, 0.15) is 0 Å². The molecular formula is C23H23F2N5O3. The van der Waals surface area contributed by atoms with Crippen molar-refractivity contribution in [3.63, 3.8) is 0 Å². The second-order valence-corrected chi connectivity index (χ2v) is 7.86. The van der Waals surface area contributed by atoms with Gasteiger partial charge in [-0.25, -0.2) is 33.5 Å². The van der Waals surface area contributed by atoms with Gasteiger partial charge < -0.3 is 14.7 Å². The molecule has 1 fully saturated rings. The lowest BCUT2D eigenvalue weighted by Crippen LogP contribution is -2.36. The van der Waals surface area contributed by atoms with E-state index in [1.54, 1.807) is 0 Å². The molecule has 0 bridgehead atoms. The summed E-state index contributed by atoms with van der Waals surface area (Å²) >= 11 is 0. The number of carboxylic acids is 1. The van der Waals surface area contributed by atoms with Gasteiger partial charge in [-0.05, 0) is 48.4 Å². The molecule has 4 rings (SSSR count). The number of rotatable bonds is 7. The number of aryl methyl sites for hydroxylation is 1. The van der Waals surface area contributed by atoms with Crippen LogP contribution in [0.15, 0.2) is 36.9 Å². The van der Waals surface area contributed by atoms with E-state index in [-0.39, 0.29) is 18.1 Å². The molecule has 33 heavy (non-hydrogen) atoms. The van der Waals surface area contributed by atoms with E-state index in [9.17, 15) is 13.6 Å². The molecule has 8 nitrogen and oxygen atoms in total. The average molecular weight is 455 g/mol. The van der Waals surface area contributed by atoms with Crippen molar-refractivity contribution in [2.75, 3.05) is 24.6 Å². The summed E-state index contributed by atoms with van der Waals surface area (Å²) in [5.74, 6) is -2.93. The molecule has 3 heterocycles. The monoisotopic (exact) mass is 455 g/mol. The summed E-state index contributed by atoms with van der Waals surface area (Å²) in [7, 11) is 0. The van der Waals surface area contributed by atoms with Crippen molar-refractivity contribution in [3.8, 4) is 16.9 Å². The van der Waals surface area contributed by atoms with E-state index >= 15 is 0 Å². The van der Waals surface area contributed by atoms with Gasteiger partial charge >= 0.3 is 5.97 Å². The molecule has 10 heteroatoms. The third-order valence-electron chi connectivity index (χ3n) is 5.64. The van der Waals surface area contributed by atoms with Crippen LogP contribution in [-0.2, 0) is 6.42 Å². The highest BCUT2D eigenvalue weighted by molar-refractivity contribution is 5.83. The lowest BCUT2D eigenvalue weighted by Gasteiger charge is -2.31. The highest BCUT2D eigenvalue weighted by Gasteiger charge is 2.23. The Balaban J connectivity index is 1.35. The number of piperidine rings is 1. The summed E-state index contributed by atoms with van der Waals surface area (Å²) in [5.41, 5.74) is 1.57. The molecule has 3 aromatic rings. The van der Waals surface area contributed by atoms with Gasteiger partial charge in [0.25, 0.3) is 0 Å². The van der Waals surface area contributed by atoms with Crippen LogP contribution >= 0.6 is 0 Å². The molecule has 1 aliphatic heterocycles. The van der Waals surface area contributed by atoms with E-state index in [0.717, 1.165) is 50.0 Å². The lowest BCUT2D eigenvalue weighted by molar-refractivity contribution is 0.0683. The zero-order chi connectivity index (χ0) is 23.4. The van der Waals surface area contributed by atoms with Gasteiger partial charge in [-0.15, -0.1) is 0 Å². The number of aromatic nitrogens is 4. The van der Waals surface area contributed by atoms with E-state index in [1.165, 1.54) is 12.4 Å². The van der Waals surface area contributed by atoms with Crippen molar-refractivity contribution >= 4 is 11.9 Å². The maximum Gasteiger partial charge on any atom is 0.373 e. The van der Waals surface area contributed by atoms with Crippen LogP contribution in [0.25, 0.3) is 11.1 Å². The fourth-order valence-corrected chi connectivity index (χ4v) is 3.65. The number of carboxylic acid groups (broad SMARTS) is 1. The minimum Gasteiger partial charge on any atom is -0.487 e. The highest BCUT2D eigenvalue weighted by Crippen LogP contribution is 2.30. The molecule has 0 radical (unpaired) electrons. The molecule has 0 aliphatic carbocycles. The molecule has 0 saturated carbocycles. The molecule has 0 unspecified atom stereocenters. The normalized spacial score (nSPS) is 14.3. The van der Waals surface area contributed by atoms with Crippen LogP contribution in [-0.4, -0.2) is 50.7 Å². The van der Waals surface area contributed by atoms with Crippen LogP contribution in [0.5, 0.6) is 5.75 Å². The van der Waals surface area contributed by atoms with Gasteiger partial charge in [0, 0.05) is 43.4 Å². The van der Waals surface area contributed by atoms with Crippen molar-refractivity contribution in [3.05, 3.63) is 59.9 Å². The summed E-state index contributed by atoms with van der Waals surface area (Å²) in [6.07, 6.45) is 8.56. The van der Waals surface area contributed by atoms with Crippen molar-refractivity contribution in [1.82, 2.24) is 19.9 Å². The summed E-state index contributed by atoms with van der Waals surface area (Å²) in [6, 6.07) is 2.24. The fourth-order valence-electron chi connectivity index (χ4n) is 3.65. The van der Waals surface area contributed by atoms with Crippen LogP contribution < -0.4 is 9.64 Å². The highest BCUT2D eigenvalue weighted by atomic mass is 19.1. The molecule has 172 valence electrons. The molecular weight excluding hydrogens is 432 g/mol. The Hall–Kier alpha value is -3.69. The topological polar surface area (TPSA) is 101 Å². The Kier molecular flexibility index (Phi) is 6.71. The van der Waals surface area contributed by atoms with Crippen molar-refractivity contribution < 1.29 is 23.4 Å². The van der Waals surface area contributed by atoms with Crippen LogP contribution in [0.2, 0.25) is 0 Å².